The molecule has 1 aliphatic heterocycles. The minimum absolute atomic E-state index is 0.507. The van der Waals surface area contributed by atoms with Crippen molar-refractivity contribution in [2.75, 3.05) is 31.1 Å². The predicted octanol–water partition coefficient (Wildman–Crippen LogP) is 1.09. The summed E-state index contributed by atoms with van der Waals surface area (Å²) in [5, 5.41) is 11.2. The second kappa shape index (κ2) is 5.68. The number of piperazine rings is 1. The summed E-state index contributed by atoms with van der Waals surface area (Å²) in [7, 11) is 0. The van der Waals surface area contributed by atoms with E-state index in [2.05, 4.69) is 35.1 Å². The monoisotopic (exact) mass is 303 g/mol. The number of nitrogens with one attached hydrogen (secondary N) is 1. The molecule has 0 amide bonds. The maximum Gasteiger partial charge on any atom is 0.244 e. The quantitative estimate of drug-likeness (QED) is 0.904. The van der Waals surface area contributed by atoms with Gasteiger partial charge in [0.05, 0.1) is 6.54 Å². The zero-order valence-corrected chi connectivity index (χ0v) is 12.8. The standard InChI is InChI=1S/C14H21N7O/c1-10-15-14(18-17-10)21-7-5-20(6-8-21)9-12-16-13(22-19-12)11-3-2-4-11/h11H,2-9H2,1H3,(H,15,17,18). The van der Waals surface area contributed by atoms with Crippen molar-refractivity contribution in [3.05, 3.63) is 17.5 Å². The molecular formula is C14H21N7O. The van der Waals surface area contributed by atoms with Crippen molar-refractivity contribution in [1.82, 2.24) is 30.2 Å². The summed E-state index contributed by atoms with van der Waals surface area (Å²) in [5.74, 6) is 3.80. The number of hydrogen-bond donors (Lipinski definition) is 1. The molecule has 0 spiro atoms. The van der Waals surface area contributed by atoms with Crippen LogP contribution in [0.1, 0.15) is 42.7 Å². The van der Waals surface area contributed by atoms with Crippen molar-refractivity contribution in [3.63, 3.8) is 0 Å². The molecule has 0 atom stereocenters. The summed E-state index contributed by atoms with van der Waals surface area (Å²) in [6.45, 7) is 6.44. The van der Waals surface area contributed by atoms with Crippen LogP contribution in [-0.4, -0.2) is 56.4 Å². The van der Waals surface area contributed by atoms with Gasteiger partial charge in [-0.1, -0.05) is 11.6 Å². The van der Waals surface area contributed by atoms with Gasteiger partial charge in [-0.15, -0.1) is 5.10 Å². The van der Waals surface area contributed by atoms with Crippen LogP contribution in [-0.2, 0) is 6.54 Å². The number of aryl methyl sites for hydroxylation is 1. The Morgan fingerprint density at radius 3 is 2.64 bits per heavy atom. The number of aromatic amines is 1. The number of H-pyrrole nitrogens is 1. The summed E-state index contributed by atoms with van der Waals surface area (Å²) >= 11 is 0. The first-order valence-corrected chi connectivity index (χ1v) is 7.97. The molecule has 2 aromatic heterocycles. The van der Waals surface area contributed by atoms with E-state index in [1.165, 1.54) is 19.3 Å². The number of aromatic nitrogens is 5. The predicted molar refractivity (Wildman–Crippen MR) is 79.5 cm³/mol. The highest BCUT2D eigenvalue weighted by atomic mass is 16.5. The van der Waals surface area contributed by atoms with Crippen molar-refractivity contribution >= 4 is 5.95 Å². The number of rotatable bonds is 4. The van der Waals surface area contributed by atoms with E-state index in [0.29, 0.717) is 5.92 Å². The number of anilines is 1. The molecule has 118 valence electrons. The zero-order valence-electron chi connectivity index (χ0n) is 12.8. The van der Waals surface area contributed by atoms with E-state index < -0.39 is 0 Å². The minimum atomic E-state index is 0.507. The molecule has 8 nitrogen and oxygen atoms in total. The molecular weight excluding hydrogens is 282 g/mol. The third-order valence-corrected chi connectivity index (χ3v) is 4.54. The van der Waals surface area contributed by atoms with Crippen LogP contribution in [0.5, 0.6) is 0 Å². The van der Waals surface area contributed by atoms with Crippen molar-refractivity contribution in [2.45, 2.75) is 38.6 Å². The van der Waals surface area contributed by atoms with Crippen molar-refractivity contribution in [2.24, 2.45) is 0 Å². The molecule has 0 bridgehead atoms. The Kier molecular flexibility index (Phi) is 3.53. The lowest BCUT2D eigenvalue weighted by molar-refractivity contribution is 0.238. The van der Waals surface area contributed by atoms with Crippen molar-refractivity contribution in [1.29, 1.82) is 0 Å². The van der Waals surface area contributed by atoms with E-state index in [0.717, 1.165) is 56.2 Å². The fraction of sp³-hybridized carbons (Fsp3) is 0.714. The molecule has 4 rings (SSSR count). The summed E-state index contributed by atoms with van der Waals surface area (Å²) in [6, 6.07) is 0. The van der Waals surface area contributed by atoms with Crippen LogP contribution >= 0.6 is 0 Å². The molecule has 1 N–H and O–H groups in total. The summed E-state index contributed by atoms with van der Waals surface area (Å²) < 4.78 is 5.38. The maximum atomic E-state index is 5.38. The Labute approximate surface area is 128 Å². The van der Waals surface area contributed by atoms with Crippen LogP contribution in [0.4, 0.5) is 5.95 Å². The van der Waals surface area contributed by atoms with Gasteiger partial charge >= 0.3 is 0 Å². The molecule has 3 heterocycles. The third-order valence-electron chi connectivity index (χ3n) is 4.54. The summed E-state index contributed by atoms with van der Waals surface area (Å²) in [5.41, 5.74) is 0. The van der Waals surface area contributed by atoms with Crippen LogP contribution in [0.3, 0.4) is 0 Å². The van der Waals surface area contributed by atoms with Gasteiger partial charge in [0.25, 0.3) is 0 Å². The molecule has 0 radical (unpaired) electrons. The molecule has 8 heteroatoms. The summed E-state index contributed by atoms with van der Waals surface area (Å²) in [6.07, 6.45) is 3.66. The van der Waals surface area contributed by atoms with Gasteiger partial charge in [-0.05, 0) is 19.8 Å². The van der Waals surface area contributed by atoms with Crippen LogP contribution in [0, 0.1) is 6.92 Å². The van der Waals surface area contributed by atoms with Crippen LogP contribution in [0.15, 0.2) is 4.52 Å². The lowest BCUT2D eigenvalue weighted by Crippen LogP contribution is -2.46. The highest BCUT2D eigenvalue weighted by molar-refractivity contribution is 5.29. The Bertz CT molecular complexity index is 625. The average Bonchev–Trinajstić information content (AvgIpc) is 3.08. The zero-order chi connectivity index (χ0) is 14.9. The molecule has 2 aliphatic rings. The Hall–Kier alpha value is -1.96. The van der Waals surface area contributed by atoms with Gasteiger partial charge in [-0.2, -0.15) is 9.97 Å². The fourth-order valence-electron chi connectivity index (χ4n) is 2.93. The fourth-order valence-corrected chi connectivity index (χ4v) is 2.93. The molecule has 0 aromatic carbocycles. The van der Waals surface area contributed by atoms with Crippen LogP contribution in [0.2, 0.25) is 0 Å². The first-order chi connectivity index (χ1) is 10.8. The topological polar surface area (TPSA) is 87.0 Å². The number of nitrogens with zero attached hydrogens (tertiary/aromatic N) is 6. The van der Waals surface area contributed by atoms with Crippen molar-refractivity contribution in [3.8, 4) is 0 Å². The molecule has 2 aromatic rings. The first-order valence-electron chi connectivity index (χ1n) is 7.97. The minimum Gasteiger partial charge on any atom is -0.339 e. The highest BCUT2D eigenvalue weighted by Gasteiger charge is 2.26. The third kappa shape index (κ3) is 2.70. The van der Waals surface area contributed by atoms with Crippen LogP contribution in [0.25, 0.3) is 0 Å². The molecule has 0 unspecified atom stereocenters. The largest absolute Gasteiger partial charge is 0.339 e. The van der Waals surface area contributed by atoms with Gasteiger partial charge < -0.3 is 9.42 Å². The number of hydrogen-bond acceptors (Lipinski definition) is 7. The average molecular weight is 303 g/mol. The highest BCUT2D eigenvalue weighted by Crippen LogP contribution is 2.35. The van der Waals surface area contributed by atoms with Gasteiger partial charge in [-0.25, -0.2) is 0 Å². The van der Waals surface area contributed by atoms with Gasteiger partial charge in [0.15, 0.2) is 5.82 Å². The van der Waals surface area contributed by atoms with E-state index in [4.69, 9.17) is 4.52 Å². The Morgan fingerprint density at radius 1 is 1.18 bits per heavy atom. The second-order valence-corrected chi connectivity index (χ2v) is 6.16. The van der Waals surface area contributed by atoms with Crippen LogP contribution < -0.4 is 4.90 Å². The second-order valence-electron chi connectivity index (χ2n) is 6.16. The van der Waals surface area contributed by atoms with Gasteiger partial charge in [0, 0.05) is 32.1 Å². The summed E-state index contributed by atoms with van der Waals surface area (Å²) in [4.78, 5) is 13.5. The molecule has 1 aliphatic carbocycles. The molecule has 22 heavy (non-hydrogen) atoms. The SMILES string of the molecule is Cc1nc(N2CCN(Cc3noc(C4CCC4)n3)CC2)n[nH]1. The van der Waals surface area contributed by atoms with E-state index in [1.807, 2.05) is 6.92 Å². The van der Waals surface area contributed by atoms with E-state index in [9.17, 15) is 0 Å². The van der Waals surface area contributed by atoms with Gasteiger partial charge in [-0.3, -0.25) is 10.00 Å². The van der Waals surface area contributed by atoms with Crippen molar-refractivity contribution < 1.29 is 4.52 Å². The lowest BCUT2D eigenvalue weighted by atomic mass is 9.85. The van der Waals surface area contributed by atoms with Gasteiger partial charge in [0.1, 0.15) is 5.82 Å². The maximum absolute atomic E-state index is 5.38. The molecule has 1 saturated heterocycles. The van der Waals surface area contributed by atoms with E-state index in [1.54, 1.807) is 0 Å². The van der Waals surface area contributed by atoms with E-state index >= 15 is 0 Å². The first kappa shape index (κ1) is 13.7. The smallest absolute Gasteiger partial charge is 0.244 e. The van der Waals surface area contributed by atoms with E-state index in [-0.39, 0.29) is 0 Å². The normalized spacial score (nSPS) is 20.3. The lowest BCUT2D eigenvalue weighted by Gasteiger charge is -2.33. The van der Waals surface area contributed by atoms with Gasteiger partial charge in [0.2, 0.25) is 11.8 Å². The molecule has 2 fully saturated rings. The molecule has 1 saturated carbocycles. The Morgan fingerprint density at radius 2 is 2.00 bits per heavy atom. The Balaban J connectivity index is 1.31.